The molecule has 1 aromatic carbocycles. The van der Waals surface area contributed by atoms with Crippen molar-refractivity contribution < 1.29 is 23.9 Å². The lowest BCUT2D eigenvalue weighted by Crippen LogP contribution is -2.35. The van der Waals surface area contributed by atoms with Gasteiger partial charge in [0.05, 0.1) is 13.2 Å². The second kappa shape index (κ2) is 11.5. The van der Waals surface area contributed by atoms with Crippen LogP contribution >= 0.6 is 0 Å². The van der Waals surface area contributed by atoms with Crippen LogP contribution in [0.5, 0.6) is 0 Å². The molecule has 0 aliphatic carbocycles. The minimum Gasteiger partial charge on any atom is -0.465 e. The molecule has 122 valence electrons. The summed E-state index contributed by atoms with van der Waals surface area (Å²) < 4.78 is 9.54. The molecule has 0 amide bonds. The van der Waals surface area contributed by atoms with E-state index in [9.17, 15) is 14.4 Å². The first kappa shape index (κ1) is 19.8. The molecular formula is C17H24O5. The molecule has 0 atom stereocenters. The standard InChI is InChI=1S/C15H18O5.C2H6/c1-3-19-14(17)13(15(18)20-4-2)12(16)10-11-8-6-5-7-9-11;1-2/h5-9,13H,3-4,10H2,1-2H3;1-2H3. The van der Waals surface area contributed by atoms with Crippen LogP contribution in [0.3, 0.4) is 0 Å². The Kier molecular flexibility index (Phi) is 10.4. The smallest absolute Gasteiger partial charge is 0.328 e. The van der Waals surface area contributed by atoms with Crippen molar-refractivity contribution in [2.75, 3.05) is 13.2 Å². The lowest BCUT2D eigenvalue weighted by Gasteiger charge is -2.13. The highest BCUT2D eigenvalue weighted by Gasteiger charge is 2.36. The van der Waals surface area contributed by atoms with Crippen molar-refractivity contribution >= 4 is 17.7 Å². The summed E-state index contributed by atoms with van der Waals surface area (Å²) in [4.78, 5) is 35.6. The maximum absolute atomic E-state index is 12.1. The number of ketones is 1. The van der Waals surface area contributed by atoms with Crippen LogP contribution in [0.25, 0.3) is 0 Å². The third kappa shape index (κ3) is 6.52. The van der Waals surface area contributed by atoms with E-state index in [1.807, 2.05) is 19.9 Å². The minimum atomic E-state index is -1.50. The number of Topliss-reactive ketones (excluding diaryl/α,β-unsaturated/α-hetero) is 1. The first-order chi connectivity index (χ1) is 10.6. The molecular weight excluding hydrogens is 284 g/mol. The third-order valence-corrected chi connectivity index (χ3v) is 2.59. The van der Waals surface area contributed by atoms with Crippen molar-refractivity contribution in [1.29, 1.82) is 0 Å². The summed E-state index contributed by atoms with van der Waals surface area (Å²) in [6.45, 7) is 7.43. The zero-order chi connectivity index (χ0) is 17.0. The van der Waals surface area contributed by atoms with Gasteiger partial charge in [0, 0.05) is 6.42 Å². The molecule has 1 rings (SSSR count). The Hall–Kier alpha value is -2.17. The van der Waals surface area contributed by atoms with Crippen LogP contribution in [-0.4, -0.2) is 30.9 Å². The Bertz CT molecular complexity index is 449. The van der Waals surface area contributed by atoms with Crippen LogP contribution in [0.15, 0.2) is 30.3 Å². The zero-order valence-corrected chi connectivity index (χ0v) is 13.6. The Morgan fingerprint density at radius 1 is 0.909 bits per heavy atom. The van der Waals surface area contributed by atoms with E-state index < -0.39 is 23.6 Å². The second-order valence-electron chi connectivity index (χ2n) is 4.07. The molecule has 0 heterocycles. The lowest BCUT2D eigenvalue weighted by atomic mass is 9.98. The van der Waals surface area contributed by atoms with Crippen molar-refractivity contribution in [2.45, 2.75) is 34.1 Å². The fourth-order valence-electron chi connectivity index (χ4n) is 1.71. The molecule has 22 heavy (non-hydrogen) atoms. The maximum Gasteiger partial charge on any atom is 0.328 e. The summed E-state index contributed by atoms with van der Waals surface area (Å²) in [5.41, 5.74) is 0.732. The molecule has 0 aromatic heterocycles. The fraction of sp³-hybridized carbons (Fsp3) is 0.471. The molecule has 0 radical (unpaired) electrons. The van der Waals surface area contributed by atoms with Gasteiger partial charge >= 0.3 is 11.9 Å². The van der Waals surface area contributed by atoms with Crippen LogP contribution in [0.1, 0.15) is 33.3 Å². The van der Waals surface area contributed by atoms with Gasteiger partial charge in [-0.2, -0.15) is 0 Å². The Balaban J connectivity index is 0.00000211. The number of carbonyl (C=O) groups is 3. The van der Waals surface area contributed by atoms with Crippen LogP contribution < -0.4 is 0 Å². The Morgan fingerprint density at radius 3 is 1.77 bits per heavy atom. The van der Waals surface area contributed by atoms with E-state index in [1.165, 1.54) is 0 Å². The summed E-state index contributed by atoms with van der Waals surface area (Å²) in [6, 6.07) is 8.90. The molecule has 0 spiro atoms. The molecule has 5 nitrogen and oxygen atoms in total. The van der Waals surface area contributed by atoms with E-state index in [0.717, 1.165) is 5.56 Å². The highest BCUT2D eigenvalue weighted by Crippen LogP contribution is 2.10. The van der Waals surface area contributed by atoms with E-state index in [1.54, 1.807) is 38.1 Å². The predicted octanol–water partition coefficient (Wildman–Crippen LogP) is 2.57. The normalized spacial score (nSPS) is 9.50. The average molecular weight is 308 g/mol. The number of hydrogen-bond donors (Lipinski definition) is 0. The van der Waals surface area contributed by atoms with E-state index in [-0.39, 0.29) is 19.6 Å². The number of benzene rings is 1. The fourth-order valence-corrected chi connectivity index (χ4v) is 1.71. The predicted molar refractivity (Wildman–Crippen MR) is 83.3 cm³/mol. The SMILES string of the molecule is CC.CCOC(=O)C(C(=O)Cc1ccccc1)C(=O)OCC. The Morgan fingerprint density at radius 2 is 1.36 bits per heavy atom. The van der Waals surface area contributed by atoms with E-state index >= 15 is 0 Å². The molecule has 0 saturated carbocycles. The summed E-state index contributed by atoms with van der Waals surface area (Å²) >= 11 is 0. The molecule has 0 fully saturated rings. The third-order valence-electron chi connectivity index (χ3n) is 2.59. The largest absolute Gasteiger partial charge is 0.465 e. The number of carbonyl (C=O) groups excluding carboxylic acids is 3. The maximum atomic E-state index is 12.1. The van der Waals surface area contributed by atoms with Gasteiger partial charge in [-0.15, -0.1) is 0 Å². The van der Waals surface area contributed by atoms with Crippen molar-refractivity contribution in [3.8, 4) is 0 Å². The van der Waals surface area contributed by atoms with Gasteiger partial charge in [0.25, 0.3) is 0 Å². The number of esters is 2. The Labute approximate surface area is 131 Å². The summed E-state index contributed by atoms with van der Waals surface area (Å²) in [5, 5.41) is 0. The van der Waals surface area contributed by atoms with Gasteiger partial charge in [-0.3, -0.25) is 14.4 Å². The van der Waals surface area contributed by atoms with Gasteiger partial charge in [0.1, 0.15) is 0 Å². The topological polar surface area (TPSA) is 69.7 Å². The van der Waals surface area contributed by atoms with Crippen molar-refractivity contribution in [1.82, 2.24) is 0 Å². The summed E-state index contributed by atoms with van der Waals surface area (Å²) in [7, 11) is 0. The molecule has 0 N–H and O–H groups in total. The zero-order valence-electron chi connectivity index (χ0n) is 13.6. The molecule has 0 bridgehead atoms. The van der Waals surface area contributed by atoms with Crippen molar-refractivity contribution in [3.63, 3.8) is 0 Å². The van der Waals surface area contributed by atoms with E-state index in [4.69, 9.17) is 9.47 Å². The van der Waals surface area contributed by atoms with Gasteiger partial charge in [0.15, 0.2) is 5.78 Å². The lowest BCUT2D eigenvalue weighted by molar-refractivity contribution is -0.163. The second-order valence-corrected chi connectivity index (χ2v) is 4.07. The molecule has 0 aliphatic rings. The average Bonchev–Trinajstić information content (AvgIpc) is 2.51. The van der Waals surface area contributed by atoms with Crippen LogP contribution in [0.4, 0.5) is 0 Å². The van der Waals surface area contributed by atoms with Crippen LogP contribution in [0.2, 0.25) is 0 Å². The van der Waals surface area contributed by atoms with E-state index in [2.05, 4.69) is 0 Å². The van der Waals surface area contributed by atoms with Crippen molar-refractivity contribution in [2.24, 2.45) is 5.92 Å². The number of hydrogen-bond acceptors (Lipinski definition) is 5. The number of ether oxygens (including phenoxy) is 2. The van der Waals surface area contributed by atoms with Gasteiger partial charge in [-0.25, -0.2) is 0 Å². The van der Waals surface area contributed by atoms with E-state index in [0.29, 0.717) is 0 Å². The van der Waals surface area contributed by atoms with Gasteiger partial charge < -0.3 is 9.47 Å². The first-order valence-corrected chi connectivity index (χ1v) is 7.50. The highest BCUT2D eigenvalue weighted by molar-refractivity contribution is 6.15. The van der Waals surface area contributed by atoms with Crippen LogP contribution in [-0.2, 0) is 30.3 Å². The first-order valence-electron chi connectivity index (χ1n) is 7.50. The summed E-state index contributed by atoms with van der Waals surface area (Å²) in [6.07, 6.45) is -0.0108. The van der Waals surface area contributed by atoms with Crippen molar-refractivity contribution in [3.05, 3.63) is 35.9 Å². The summed E-state index contributed by atoms with van der Waals surface area (Å²) in [5.74, 6) is -3.73. The minimum absolute atomic E-state index is 0.0108. The molecule has 0 unspecified atom stereocenters. The monoisotopic (exact) mass is 308 g/mol. The van der Waals surface area contributed by atoms with Gasteiger partial charge in [0.2, 0.25) is 5.92 Å². The molecule has 0 aliphatic heterocycles. The quantitative estimate of drug-likeness (QED) is 0.572. The molecule has 1 aromatic rings. The molecule has 5 heteroatoms. The van der Waals surface area contributed by atoms with Gasteiger partial charge in [-0.05, 0) is 19.4 Å². The molecule has 0 saturated heterocycles. The van der Waals surface area contributed by atoms with Crippen LogP contribution in [0, 0.1) is 5.92 Å². The highest BCUT2D eigenvalue weighted by atomic mass is 16.6. The van der Waals surface area contributed by atoms with Gasteiger partial charge in [-0.1, -0.05) is 44.2 Å². The number of rotatable bonds is 7.